The van der Waals surface area contributed by atoms with Crippen molar-refractivity contribution in [2.24, 2.45) is 5.92 Å². The minimum Gasteiger partial charge on any atom is -0.497 e. The molecular formula is C29H38FN5O2. The zero-order valence-electron chi connectivity index (χ0n) is 22.6. The van der Waals surface area contributed by atoms with Gasteiger partial charge in [0.2, 0.25) is 0 Å². The van der Waals surface area contributed by atoms with Gasteiger partial charge in [-0.3, -0.25) is 4.79 Å². The number of aromatic nitrogens is 2. The fourth-order valence-electron chi connectivity index (χ4n) is 4.66. The third-order valence-corrected chi connectivity index (χ3v) is 6.94. The van der Waals surface area contributed by atoms with Crippen LogP contribution in [0.2, 0.25) is 0 Å². The highest BCUT2D eigenvalue weighted by Gasteiger charge is 2.28. The summed E-state index contributed by atoms with van der Waals surface area (Å²) in [5.41, 5.74) is 3.11. The first-order valence-electron chi connectivity index (χ1n) is 13.0. The van der Waals surface area contributed by atoms with Crippen molar-refractivity contribution < 1.29 is 13.9 Å². The molecule has 7 nitrogen and oxygen atoms in total. The van der Waals surface area contributed by atoms with E-state index in [-0.39, 0.29) is 11.7 Å². The molecule has 1 aliphatic heterocycles. The van der Waals surface area contributed by atoms with Gasteiger partial charge >= 0.3 is 0 Å². The molecule has 4 rings (SSSR count). The van der Waals surface area contributed by atoms with Crippen LogP contribution in [-0.2, 0) is 6.54 Å². The minimum atomic E-state index is -0.303. The summed E-state index contributed by atoms with van der Waals surface area (Å²) in [6, 6.07) is 13.8. The highest BCUT2D eigenvalue weighted by Crippen LogP contribution is 2.30. The summed E-state index contributed by atoms with van der Waals surface area (Å²) in [5.74, 6) is 1.70. The maximum Gasteiger partial charge on any atom is 0.254 e. The van der Waals surface area contributed by atoms with E-state index in [1.54, 1.807) is 19.2 Å². The molecule has 1 amide bonds. The number of anilines is 1. The summed E-state index contributed by atoms with van der Waals surface area (Å²) in [6.45, 7) is 10.9. The largest absolute Gasteiger partial charge is 0.497 e. The van der Waals surface area contributed by atoms with Gasteiger partial charge in [-0.2, -0.15) is 5.10 Å². The van der Waals surface area contributed by atoms with Crippen molar-refractivity contribution >= 4 is 11.7 Å². The second-order valence-corrected chi connectivity index (χ2v) is 10.2. The molecule has 1 aromatic heterocycles. The van der Waals surface area contributed by atoms with Gasteiger partial charge in [0.25, 0.3) is 5.91 Å². The van der Waals surface area contributed by atoms with Crippen molar-refractivity contribution in [3.8, 4) is 11.4 Å². The number of aryl methyl sites for hydroxylation is 1. The number of likely N-dealkylation sites (N-methyl/N-ethyl adjacent to an activating group) is 1. The predicted molar refractivity (Wildman–Crippen MR) is 145 cm³/mol. The number of carbonyl (C=O) groups excluding carboxylic acids is 1. The Kier molecular flexibility index (Phi) is 8.48. The van der Waals surface area contributed by atoms with Gasteiger partial charge in [0.1, 0.15) is 17.4 Å². The number of carbonyl (C=O) groups is 1. The molecule has 0 saturated carbocycles. The normalized spacial score (nSPS) is 14.3. The summed E-state index contributed by atoms with van der Waals surface area (Å²) < 4.78 is 21.4. The van der Waals surface area contributed by atoms with E-state index < -0.39 is 0 Å². The van der Waals surface area contributed by atoms with E-state index in [9.17, 15) is 9.18 Å². The number of methoxy groups -OCH3 is 1. The molecule has 3 aromatic rings. The van der Waals surface area contributed by atoms with Crippen molar-refractivity contribution in [3.05, 3.63) is 71.2 Å². The van der Waals surface area contributed by atoms with Gasteiger partial charge in [-0.15, -0.1) is 0 Å². The molecule has 1 fully saturated rings. The first-order valence-corrected chi connectivity index (χ1v) is 13.0. The molecule has 2 aromatic carbocycles. The van der Waals surface area contributed by atoms with Crippen molar-refractivity contribution in [2.45, 2.75) is 33.7 Å². The summed E-state index contributed by atoms with van der Waals surface area (Å²) in [7, 11) is 3.72. The molecule has 0 aliphatic carbocycles. The third-order valence-electron chi connectivity index (χ3n) is 6.94. The first kappa shape index (κ1) is 26.7. The predicted octanol–water partition coefficient (Wildman–Crippen LogP) is 4.77. The van der Waals surface area contributed by atoms with Crippen LogP contribution in [0.15, 0.2) is 48.5 Å². The van der Waals surface area contributed by atoms with E-state index >= 15 is 0 Å². The Bertz CT molecular complexity index is 1220. The average Bonchev–Trinajstić information content (AvgIpc) is 3.22. The van der Waals surface area contributed by atoms with E-state index in [4.69, 9.17) is 9.84 Å². The van der Waals surface area contributed by atoms with Crippen LogP contribution in [0.3, 0.4) is 0 Å². The maximum atomic E-state index is 14.2. The van der Waals surface area contributed by atoms with Gasteiger partial charge in [0.05, 0.1) is 25.0 Å². The lowest BCUT2D eigenvalue weighted by Crippen LogP contribution is -2.45. The summed E-state index contributed by atoms with van der Waals surface area (Å²) >= 11 is 0. The Labute approximate surface area is 219 Å². The fraction of sp³-hybridized carbons (Fsp3) is 0.448. The number of nitrogens with zero attached hydrogens (tertiary/aromatic N) is 5. The van der Waals surface area contributed by atoms with Crippen molar-refractivity contribution in [3.63, 3.8) is 0 Å². The van der Waals surface area contributed by atoms with E-state index in [2.05, 4.69) is 30.7 Å². The quantitative estimate of drug-likeness (QED) is 0.418. The van der Waals surface area contributed by atoms with E-state index in [0.29, 0.717) is 36.0 Å². The Hall–Kier alpha value is -3.39. The lowest BCUT2D eigenvalue weighted by Gasteiger charge is -2.35. The molecule has 0 N–H and O–H groups in total. The second kappa shape index (κ2) is 11.8. The smallest absolute Gasteiger partial charge is 0.254 e. The SMILES string of the molecule is COc1cccc(C(=O)N(CCC(C)C)Cc2c(C)nn(-c3cccc(F)c3)c2N2CCN(C)CC2)c1. The Morgan fingerprint density at radius 2 is 1.84 bits per heavy atom. The summed E-state index contributed by atoms with van der Waals surface area (Å²) in [4.78, 5) is 20.3. The van der Waals surface area contributed by atoms with Gasteiger partial charge in [-0.25, -0.2) is 9.07 Å². The highest BCUT2D eigenvalue weighted by atomic mass is 19.1. The molecule has 0 radical (unpaired) electrons. The monoisotopic (exact) mass is 507 g/mol. The van der Waals surface area contributed by atoms with Gasteiger partial charge in [0.15, 0.2) is 0 Å². The molecular weight excluding hydrogens is 469 g/mol. The molecule has 0 bridgehead atoms. The van der Waals surface area contributed by atoms with Crippen LogP contribution < -0.4 is 9.64 Å². The van der Waals surface area contributed by atoms with Crippen LogP contribution in [0.1, 0.15) is 41.9 Å². The Morgan fingerprint density at radius 1 is 1.11 bits per heavy atom. The average molecular weight is 508 g/mol. The van der Waals surface area contributed by atoms with Crippen LogP contribution in [0.5, 0.6) is 5.75 Å². The van der Waals surface area contributed by atoms with Crippen LogP contribution in [-0.4, -0.2) is 72.4 Å². The molecule has 2 heterocycles. The summed E-state index contributed by atoms with van der Waals surface area (Å²) in [6.07, 6.45) is 0.886. The number of ether oxygens (including phenoxy) is 1. The first-order chi connectivity index (χ1) is 17.8. The topological polar surface area (TPSA) is 53.8 Å². The molecule has 0 unspecified atom stereocenters. The van der Waals surface area contributed by atoms with Crippen LogP contribution in [0.25, 0.3) is 5.69 Å². The molecule has 198 valence electrons. The Balaban J connectivity index is 1.75. The van der Waals surface area contributed by atoms with Crippen LogP contribution in [0.4, 0.5) is 10.2 Å². The van der Waals surface area contributed by atoms with Crippen molar-refractivity contribution in [2.75, 3.05) is 51.8 Å². The van der Waals surface area contributed by atoms with Gasteiger partial charge in [-0.05, 0) is 62.7 Å². The number of amides is 1. The van der Waals surface area contributed by atoms with Crippen LogP contribution >= 0.6 is 0 Å². The van der Waals surface area contributed by atoms with Gasteiger partial charge < -0.3 is 19.4 Å². The molecule has 0 spiro atoms. The number of hydrogen-bond donors (Lipinski definition) is 0. The number of rotatable bonds is 9. The zero-order chi connectivity index (χ0) is 26.5. The molecule has 1 saturated heterocycles. The third kappa shape index (κ3) is 6.31. The molecule has 8 heteroatoms. The van der Waals surface area contributed by atoms with Crippen molar-refractivity contribution in [1.82, 2.24) is 19.6 Å². The van der Waals surface area contributed by atoms with Gasteiger partial charge in [-0.1, -0.05) is 26.0 Å². The molecule has 0 atom stereocenters. The minimum absolute atomic E-state index is 0.0400. The lowest BCUT2D eigenvalue weighted by molar-refractivity contribution is 0.0735. The highest BCUT2D eigenvalue weighted by molar-refractivity contribution is 5.94. The number of hydrogen-bond acceptors (Lipinski definition) is 5. The second-order valence-electron chi connectivity index (χ2n) is 10.2. The van der Waals surface area contributed by atoms with E-state index in [1.807, 2.05) is 40.8 Å². The fourth-order valence-corrected chi connectivity index (χ4v) is 4.66. The lowest BCUT2D eigenvalue weighted by atomic mass is 10.1. The van der Waals surface area contributed by atoms with E-state index in [1.165, 1.54) is 12.1 Å². The van der Waals surface area contributed by atoms with Crippen LogP contribution in [0, 0.1) is 18.7 Å². The van der Waals surface area contributed by atoms with Crippen molar-refractivity contribution in [1.29, 1.82) is 0 Å². The standard InChI is InChI=1S/C29H38FN5O2/c1-21(2)12-13-34(29(36)23-8-6-11-26(18-23)37-5)20-27-22(3)31-35(25-10-7-9-24(30)19-25)28(27)33-16-14-32(4)15-17-33/h6-11,18-19,21H,12-17,20H2,1-5H3. The maximum absolute atomic E-state index is 14.2. The summed E-state index contributed by atoms with van der Waals surface area (Å²) in [5, 5.41) is 4.86. The van der Waals surface area contributed by atoms with Gasteiger partial charge in [0, 0.05) is 43.9 Å². The number of halogens is 1. The van der Waals surface area contributed by atoms with E-state index in [0.717, 1.165) is 49.7 Å². The molecule has 37 heavy (non-hydrogen) atoms. The number of piperazine rings is 1. The Morgan fingerprint density at radius 3 is 2.51 bits per heavy atom. The zero-order valence-corrected chi connectivity index (χ0v) is 22.6. The number of benzene rings is 2. The molecule has 1 aliphatic rings.